The molecule has 26 heavy (non-hydrogen) atoms. The Balaban J connectivity index is 2.22. The van der Waals surface area contributed by atoms with Gasteiger partial charge in [0.05, 0.1) is 22.4 Å². The van der Waals surface area contributed by atoms with Crippen LogP contribution in [0.25, 0.3) is 0 Å². The first-order valence-electron chi connectivity index (χ1n) is 8.75. The number of hydrogen-bond donors (Lipinski definition) is 1. The summed E-state index contributed by atoms with van der Waals surface area (Å²) in [7, 11) is 1.50. The van der Waals surface area contributed by atoms with Crippen LogP contribution < -0.4 is 10.2 Å². The molecule has 0 aliphatic carbocycles. The van der Waals surface area contributed by atoms with Crippen molar-refractivity contribution in [1.29, 1.82) is 0 Å². The SMILES string of the molecule is CCCc1c(C)ccc(C)c1N1C(=O)c2cccc(C(=O)NC)c2C1=O. The van der Waals surface area contributed by atoms with Gasteiger partial charge in [0.25, 0.3) is 17.7 Å². The highest BCUT2D eigenvalue weighted by Gasteiger charge is 2.41. The third kappa shape index (κ3) is 2.60. The molecule has 1 N–H and O–H groups in total. The van der Waals surface area contributed by atoms with Crippen LogP contribution in [0.3, 0.4) is 0 Å². The Morgan fingerprint density at radius 1 is 1.04 bits per heavy atom. The monoisotopic (exact) mass is 350 g/mol. The molecule has 1 aliphatic rings. The normalized spacial score (nSPS) is 13.2. The Hall–Kier alpha value is -2.95. The summed E-state index contributed by atoms with van der Waals surface area (Å²) in [5.74, 6) is -1.18. The largest absolute Gasteiger partial charge is 0.355 e. The first-order valence-corrected chi connectivity index (χ1v) is 8.75. The van der Waals surface area contributed by atoms with Crippen molar-refractivity contribution < 1.29 is 14.4 Å². The quantitative estimate of drug-likeness (QED) is 0.859. The van der Waals surface area contributed by atoms with Crippen LogP contribution in [0.2, 0.25) is 0 Å². The van der Waals surface area contributed by atoms with Gasteiger partial charge in [-0.05, 0) is 49.1 Å². The van der Waals surface area contributed by atoms with E-state index in [1.54, 1.807) is 18.2 Å². The second kappa shape index (κ2) is 6.75. The molecule has 0 saturated heterocycles. The fourth-order valence-corrected chi connectivity index (χ4v) is 3.54. The maximum atomic E-state index is 13.2. The van der Waals surface area contributed by atoms with E-state index < -0.39 is 5.91 Å². The van der Waals surface area contributed by atoms with Crippen LogP contribution in [0.5, 0.6) is 0 Å². The molecule has 2 aromatic carbocycles. The van der Waals surface area contributed by atoms with E-state index in [0.29, 0.717) is 5.69 Å². The van der Waals surface area contributed by atoms with Gasteiger partial charge in [0.2, 0.25) is 0 Å². The van der Waals surface area contributed by atoms with Gasteiger partial charge in [0.1, 0.15) is 0 Å². The molecule has 0 bridgehead atoms. The number of imide groups is 1. The smallest absolute Gasteiger partial charge is 0.266 e. The zero-order valence-electron chi connectivity index (χ0n) is 15.5. The molecule has 0 spiro atoms. The summed E-state index contributed by atoms with van der Waals surface area (Å²) in [6, 6.07) is 8.74. The molecule has 3 amide bonds. The van der Waals surface area contributed by atoms with Gasteiger partial charge in [-0.3, -0.25) is 14.4 Å². The van der Waals surface area contributed by atoms with E-state index in [9.17, 15) is 14.4 Å². The van der Waals surface area contributed by atoms with Crippen LogP contribution in [-0.2, 0) is 6.42 Å². The van der Waals surface area contributed by atoms with Crippen molar-refractivity contribution in [2.45, 2.75) is 33.6 Å². The number of nitrogens with zero attached hydrogens (tertiary/aromatic N) is 1. The van der Waals surface area contributed by atoms with E-state index in [-0.39, 0.29) is 28.5 Å². The summed E-state index contributed by atoms with van der Waals surface area (Å²) < 4.78 is 0. The predicted molar refractivity (Wildman–Crippen MR) is 101 cm³/mol. The number of fused-ring (bicyclic) bond motifs is 1. The van der Waals surface area contributed by atoms with Crippen LogP contribution in [0.15, 0.2) is 30.3 Å². The Morgan fingerprint density at radius 2 is 1.73 bits per heavy atom. The van der Waals surface area contributed by atoms with Crippen molar-refractivity contribution in [3.05, 3.63) is 63.7 Å². The molecule has 1 heterocycles. The number of nitrogens with one attached hydrogen (secondary N) is 1. The molecule has 0 fully saturated rings. The van der Waals surface area contributed by atoms with Crippen LogP contribution in [-0.4, -0.2) is 24.8 Å². The number of carbonyl (C=O) groups is 3. The Kier molecular flexibility index (Phi) is 4.64. The van der Waals surface area contributed by atoms with E-state index in [2.05, 4.69) is 12.2 Å². The Labute approximate surface area is 153 Å². The maximum Gasteiger partial charge on any atom is 0.266 e. The number of benzene rings is 2. The van der Waals surface area contributed by atoms with Gasteiger partial charge in [-0.2, -0.15) is 0 Å². The molecule has 3 rings (SSSR count). The lowest BCUT2D eigenvalue weighted by Gasteiger charge is -2.22. The number of hydrogen-bond acceptors (Lipinski definition) is 3. The molecule has 2 aromatic rings. The highest BCUT2D eigenvalue weighted by atomic mass is 16.2. The fraction of sp³-hybridized carbons (Fsp3) is 0.286. The van der Waals surface area contributed by atoms with Crippen molar-refractivity contribution in [1.82, 2.24) is 5.32 Å². The number of aryl methyl sites for hydroxylation is 2. The second-order valence-corrected chi connectivity index (χ2v) is 6.53. The summed E-state index contributed by atoms with van der Waals surface area (Å²) in [6.45, 7) is 5.96. The third-order valence-electron chi connectivity index (χ3n) is 4.83. The summed E-state index contributed by atoms with van der Waals surface area (Å²) in [6.07, 6.45) is 1.68. The molecule has 0 aromatic heterocycles. The molecule has 1 aliphatic heterocycles. The minimum atomic E-state index is -0.435. The van der Waals surface area contributed by atoms with Gasteiger partial charge in [-0.15, -0.1) is 0 Å². The minimum Gasteiger partial charge on any atom is -0.355 e. The molecular weight excluding hydrogens is 328 g/mol. The van der Waals surface area contributed by atoms with E-state index in [1.165, 1.54) is 11.9 Å². The van der Waals surface area contributed by atoms with Crippen molar-refractivity contribution >= 4 is 23.4 Å². The molecule has 0 radical (unpaired) electrons. The highest BCUT2D eigenvalue weighted by molar-refractivity contribution is 6.36. The molecular formula is C21H22N2O3. The Morgan fingerprint density at radius 3 is 2.38 bits per heavy atom. The number of anilines is 1. The van der Waals surface area contributed by atoms with Crippen molar-refractivity contribution in [2.24, 2.45) is 0 Å². The zero-order chi connectivity index (χ0) is 19.0. The van der Waals surface area contributed by atoms with Gasteiger partial charge in [0, 0.05) is 7.05 Å². The molecule has 5 nitrogen and oxygen atoms in total. The third-order valence-corrected chi connectivity index (χ3v) is 4.83. The molecule has 0 unspecified atom stereocenters. The van der Waals surface area contributed by atoms with Crippen molar-refractivity contribution in [3.63, 3.8) is 0 Å². The lowest BCUT2D eigenvalue weighted by atomic mass is 9.97. The van der Waals surface area contributed by atoms with Gasteiger partial charge in [-0.25, -0.2) is 4.90 Å². The first kappa shape index (κ1) is 17.9. The van der Waals surface area contributed by atoms with Crippen LogP contribution in [0.1, 0.15) is 61.1 Å². The highest BCUT2D eigenvalue weighted by Crippen LogP contribution is 2.36. The van der Waals surface area contributed by atoms with Gasteiger partial charge >= 0.3 is 0 Å². The molecule has 0 atom stereocenters. The predicted octanol–water partition coefficient (Wildman–Crippen LogP) is 3.42. The number of amides is 3. The fourth-order valence-electron chi connectivity index (χ4n) is 3.54. The van der Waals surface area contributed by atoms with E-state index >= 15 is 0 Å². The Bertz CT molecular complexity index is 931. The summed E-state index contributed by atoms with van der Waals surface area (Å²) in [5.41, 5.74) is 4.27. The van der Waals surface area contributed by atoms with Crippen molar-refractivity contribution in [3.8, 4) is 0 Å². The zero-order valence-corrected chi connectivity index (χ0v) is 15.5. The van der Waals surface area contributed by atoms with Gasteiger partial charge < -0.3 is 5.32 Å². The number of carbonyl (C=O) groups excluding carboxylic acids is 3. The van der Waals surface area contributed by atoms with Crippen LogP contribution >= 0.6 is 0 Å². The summed E-state index contributed by atoms with van der Waals surface area (Å²) >= 11 is 0. The van der Waals surface area contributed by atoms with Gasteiger partial charge in [0.15, 0.2) is 0 Å². The number of rotatable bonds is 4. The lowest BCUT2D eigenvalue weighted by molar-refractivity contribution is 0.0912. The summed E-state index contributed by atoms with van der Waals surface area (Å²) in [5, 5.41) is 2.53. The molecule has 5 heteroatoms. The standard InChI is InChI=1S/C21H22N2O3/c1-5-7-14-12(2)10-11-13(3)18(14)23-20(25)16-9-6-8-15(19(24)22-4)17(16)21(23)26/h6,8-11H,5,7H2,1-4H3,(H,22,24). The van der Waals surface area contributed by atoms with Gasteiger partial charge in [-0.1, -0.05) is 31.5 Å². The average molecular weight is 350 g/mol. The molecule has 0 saturated carbocycles. The summed E-state index contributed by atoms with van der Waals surface area (Å²) in [4.78, 5) is 39.7. The topological polar surface area (TPSA) is 66.5 Å². The maximum absolute atomic E-state index is 13.2. The minimum absolute atomic E-state index is 0.181. The molecule has 134 valence electrons. The van der Waals surface area contributed by atoms with Crippen LogP contribution in [0.4, 0.5) is 5.69 Å². The lowest BCUT2D eigenvalue weighted by Crippen LogP contribution is -2.32. The second-order valence-electron chi connectivity index (χ2n) is 6.53. The van der Waals surface area contributed by atoms with E-state index in [0.717, 1.165) is 29.5 Å². The average Bonchev–Trinajstić information content (AvgIpc) is 2.89. The van der Waals surface area contributed by atoms with E-state index in [1.807, 2.05) is 26.0 Å². The van der Waals surface area contributed by atoms with Crippen LogP contribution in [0, 0.1) is 13.8 Å². The first-order chi connectivity index (χ1) is 12.4. The van der Waals surface area contributed by atoms with E-state index in [4.69, 9.17) is 0 Å². The van der Waals surface area contributed by atoms with Crippen molar-refractivity contribution in [2.75, 3.05) is 11.9 Å².